The molecule has 1 heterocycles. The van der Waals surface area contributed by atoms with E-state index in [1.807, 2.05) is 6.92 Å². The number of hydrogen-bond donors (Lipinski definition) is 0. The SMILES string of the molecule is CC(Br)CC1CCCN1S(=O)(=O)c1ccccc1F. The highest BCUT2D eigenvalue weighted by molar-refractivity contribution is 9.09. The lowest BCUT2D eigenvalue weighted by molar-refractivity contribution is 0.369. The summed E-state index contributed by atoms with van der Waals surface area (Å²) >= 11 is 3.45. The van der Waals surface area contributed by atoms with Crippen LogP contribution in [0.25, 0.3) is 0 Å². The first kappa shape index (κ1) is 14.9. The molecule has 1 fully saturated rings. The van der Waals surface area contributed by atoms with E-state index in [9.17, 15) is 12.8 Å². The maximum atomic E-state index is 13.7. The van der Waals surface area contributed by atoms with Crippen LogP contribution >= 0.6 is 15.9 Å². The second kappa shape index (κ2) is 5.89. The predicted octanol–water partition coefficient (Wildman–Crippen LogP) is 3.15. The maximum absolute atomic E-state index is 13.7. The van der Waals surface area contributed by atoms with Gasteiger partial charge in [-0.05, 0) is 31.4 Å². The molecule has 1 aromatic carbocycles. The molecule has 2 rings (SSSR count). The molecule has 3 nitrogen and oxygen atoms in total. The number of benzene rings is 1. The number of nitrogens with zero attached hydrogens (tertiary/aromatic N) is 1. The van der Waals surface area contributed by atoms with Gasteiger partial charge in [0.05, 0.1) is 0 Å². The molecule has 0 saturated carbocycles. The second-order valence-electron chi connectivity index (χ2n) is 4.86. The van der Waals surface area contributed by atoms with E-state index in [1.54, 1.807) is 6.07 Å². The van der Waals surface area contributed by atoms with Gasteiger partial charge in [-0.2, -0.15) is 4.31 Å². The molecule has 1 saturated heterocycles. The number of halogens is 2. The monoisotopic (exact) mass is 349 g/mol. The van der Waals surface area contributed by atoms with Crippen molar-refractivity contribution in [1.29, 1.82) is 0 Å². The summed E-state index contributed by atoms with van der Waals surface area (Å²) in [6, 6.07) is 5.52. The van der Waals surface area contributed by atoms with E-state index in [-0.39, 0.29) is 15.8 Å². The Bertz CT molecular complexity index is 547. The van der Waals surface area contributed by atoms with E-state index in [0.717, 1.165) is 19.3 Å². The molecule has 6 heteroatoms. The van der Waals surface area contributed by atoms with E-state index in [4.69, 9.17) is 0 Å². The Kier molecular flexibility index (Phi) is 4.63. The fourth-order valence-electron chi connectivity index (χ4n) is 2.52. The Balaban J connectivity index is 2.32. The highest BCUT2D eigenvalue weighted by Gasteiger charge is 2.36. The van der Waals surface area contributed by atoms with E-state index < -0.39 is 15.8 Å². The number of hydrogen-bond acceptors (Lipinski definition) is 2. The third kappa shape index (κ3) is 3.17. The van der Waals surface area contributed by atoms with Crippen LogP contribution in [0.4, 0.5) is 4.39 Å². The van der Waals surface area contributed by atoms with Crippen molar-refractivity contribution in [3.63, 3.8) is 0 Å². The van der Waals surface area contributed by atoms with E-state index >= 15 is 0 Å². The number of alkyl halides is 1. The molecule has 0 aromatic heterocycles. The first-order valence-corrected chi connectivity index (χ1v) is 8.69. The minimum atomic E-state index is -3.73. The molecule has 0 N–H and O–H groups in total. The average molecular weight is 350 g/mol. The normalized spacial score (nSPS) is 22.6. The second-order valence-corrected chi connectivity index (χ2v) is 8.28. The first-order chi connectivity index (χ1) is 8.93. The van der Waals surface area contributed by atoms with Crippen LogP contribution in [0.15, 0.2) is 29.2 Å². The largest absolute Gasteiger partial charge is 0.246 e. The maximum Gasteiger partial charge on any atom is 0.246 e. The summed E-state index contributed by atoms with van der Waals surface area (Å²) in [6.07, 6.45) is 2.41. The molecular formula is C13H17BrFNO2S. The third-order valence-electron chi connectivity index (χ3n) is 3.34. The van der Waals surface area contributed by atoms with E-state index in [0.29, 0.717) is 6.54 Å². The summed E-state index contributed by atoms with van der Waals surface area (Å²) in [6.45, 7) is 2.47. The molecular weight excluding hydrogens is 333 g/mol. The van der Waals surface area contributed by atoms with Crippen molar-refractivity contribution in [2.45, 2.75) is 42.0 Å². The van der Waals surface area contributed by atoms with Gasteiger partial charge in [0.25, 0.3) is 0 Å². The number of sulfonamides is 1. The molecule has 0 radical (unpaired) electrons. The van der Waals surface area contributed by atoms with E-state index in [2.05, 4.69) is 15.9 Å². The van der Waals surface area contributed by atoms with Crippen LogP contribution in [0.2, 0.25) is 0 Å². The predicted molar refractivity (Wildman–Crippen MR) is 76.3 cm³/mol. The zero-order valence-corrected chi connectivity index (χ0v) is 13.1. The van der Waals surface area contributed by atoms with Crippen molar-refractivity contribution in [2.24, 2.45) is 0 Å². The van der Waals surface area contributed by atoms with Crippen molar-refractivity contribution in [3.05, 3.63) is 30.1 Å². The average Bonchev–Trinajstić information content (AvgIpc) is 2.77. The summed E-state index contributed by atoms with van der Waals surface area (Å²) in [4.78, 5) is 0.0260. The minimum Gasteiger partial charge on any atom is -0.207 e. The van der Waals surface area contributed by atoms with Crippen molar-refractivity contribution < 1.29 is 12.8 Å². The third-order valence-corrected chi connectivity index (χ3v) is 5.70. The van der Waals surface area contributed by atoms with Crippen LogP contribution in [0.1, 0.15) is 26.2 Å². The molecule has 2 atom stereocenters. The zero-order valence-electron chi connectivity index (χ0n) is 10.7. The summed E-state index contributed by atoms with van der Waals surface area (Å²) in [5.41, 5.74) is 0. The van der Waals surface area contributed by atoms with Crippen LogP contribution < -0.4 is 0 Å². The lowest BCUT2D eigenvalue weighted by Gasteiger charge is -2.25. The lowest BCUT2D eigenvalue weighted by atomic mass is 10.1. The van der Waals surface area contributed by atoms with Crippen LogP contribution in [0.3, 0.4) is 0 Å². The van der Waals surface area contributed by atoms with Gasteiger partial charge in [-0.3, -0.25) is 0 Å². The first-order valence-electron chi connectivity index (χ1n) is 6.33. The Hall–Kier alpha value is -0.460. The van der Waals surface area contributed by atoms with Crippen molar-refractivity contribution in [3.8, 4) is 0 Å². The minimum absolute atomic E-state index is 0.0426. The summed E-state index contributed by atoms with van der Waals surface area (Å²) in [7, 11) is -3.73. The van der Waals surface area contributed by atoms with Gasteiger partial charge in [0.15, 0.2) is 0 Å². The Labute approximate surface area is 122 Å². The van der Waals surface area contributed by atoms with Crippen molar-refractivity contribution >= 4 is 26.0 Å². The van der Waals surface area contributed by atoms with Crippen LogP contribution in [-0.2, 0) is 10.0 Å². The van der Waals surface area contributed by atoms with Crippen molar-refractivity contribution in [1.82, 2.24) is 4.31 Å². The Morgan fingerprint density at radius 1 is 1.47 bits per heavy atom. The highest BCUT2D eigenvalue weighted by atomic mass is 79.9. The molecule has 0 spiro atoms. The van der Waals surface area contributed by atoms with Crippen LogP contribution in [0, 0.1) is 5.82 Å². The fourth-order valence-corrected chi connectivity index (χ4v) is 4.72. The summed E-state index contributed by atoms with van der Waals surface area (Å²) in [5, 5.41) is 0. The van der Waals surface area contributed by atoms with Gasteiger partial charge in [0, 0.05) is 17.4 Å². The van der Waals surface area contributed by atoms with Crippen LogP contribution in [0.5, 0.6) is 0 Å². The summed E-state index contributed by atoms with van der Waals surface area (Å²) < 4.78 is 40.2. The molecule has 2 unspecified atom stereocenters. The smallest absolute Gasteiger partial charge is 0.207 e. The van der Waals surface area contributed by atoms with Gasteiger partial charge in [-0.1, -0.05) is 35.0 Å². The quantitative estimate of drug-likeness (QED) is 0.783. The topological polar surface area (TPSA) is 37.4 Å². The highest BCUT2D eigenvalue weighted by Crippen LogP contribution is 2.30. The van der Waals surface area contributed by atoms with Gasteiger partial charge in [0.1, 0.15) is 10.7 Å². The van der Waals surface area contributed by atoms with Gasteiger partial charge >= 0.3 is 0 Å². The van der Waals surface area contributed by atoms with Gasteiger partial charge < -0.3 is 0 Å². The molecule has 1 aliphatic rings. The lowest BCUT2D eigenvalue weighted by Crippen LogP contribution is -2.37. The van der Waals surface area contributed by atoms with Gasteiger partial charge in [0.2, 0.25) is 10.0 Å². The molecule has 1 aliphatic heterocycles. The fraction of sp³-hybridized carbons (Fsp3) is 0.538. The van der Waals surface area contributed by atoms with Crippen LogP contribution in [-0.4, -0.2) is 30.1 Å². The van der Waals surface area contributed by atoms with E-state index in [1.165, 1.54) is 22.5 Å². The summed E-state index contributed by atoms with van der Waals surface area (Å²) in [5.74, 6) is -0.681. The van der Waals surface area contributed by atoms with Crippen molar-refractivity contribution in [2.75, 3.05) is 6.54 Å². The number of rotatable bonds is 4. The molecule has 0 aliphatic carbocycles. The van der Waals surface area contributed by atoms with Gasteiger partial charge in [-0.15, -0.1) is 0 Å². The Morgan fingerprint density at radius 2 is 2.16 bits per heavy atom. The zero-order chi connectivity index (χ0) is 14.0. The molecule has 106 valence electrons. The van der Waals surface area contributed by atoms with Gasteiger partial charge in [-0.25, -0.2) is 12.8 Å². The Morgan fingerprint density at radius 3 is 2.79 bits per heavy atom. The molecule has 1 aromatic rings. The standard InChI is InChI=1S/C13H17BrFNO2S/c1-10(14)9-11-5-4-8-16(11)19(17,18)13-7-3-2-6-12(13)15/h2-3,6-7,10-11H,4-5,8-9H2,1H3. The molecule has 0 amide bonds. The molecule has 19 heavy (non-hydrogen) atoms. The molecule has 0 bridgehead atoms.